The van der Waals surface area contributed by atoms with Crippen LogP contribution in [0.5, 0.6) is 0 Å². The molecule has 0 saturated heterocycles. The molecule has 0 fully saturated rings. The Morgan fingerprint density at radius 2 is 1.71 bits per heavy atom. The molecule has 0 nitrogen and oxygen atoms in total. The van der Waals surface area contributed by atoms with Gasteiger partial charge in [-0.1, -0.05) is 32.9 Å². The smallest absolute Gasteiger partial charge is 0.123 e. The first-order chi connectivity index (χ1) is 6.54. The summed E-state index contributed by atoms with van der Waals surface area (Å²) in [7, 11) is 0. The summed E-state index contributed by atoms with van der Waals surface area (Å²) in [6.07, 6.45) is 1.83. The molecule has 0 N–H and O–H groups in total. The van der Waals surface area contributed by atoms with Gasteiger partial charge in [-0.2, -0.15) is 0 Å². The molecule has 1 atom stereocenters. The first-order valence-corrected chi connectivity index (χ1v) is 4.97. The summed E-state index contributed by atoms with van der Waals surface area (Å²) in [5, 5.41) is 0. The van der Waals surface area contributed by atoms with Crippen molar-refractivity contribution in [2.75, 3.05) is 0 Å². The van der Waals surface area contributed by atoms with Crippen molar-refractivity contribution in [1.29, 1.82) is 0 Å². The molecule has 1 unspecified atom stereocenters. The zero-order valence-electron chi connectivity index (χ0n) is 9.05. The number of allylic oxidation sites excluding steroid dienone is 1. The van der Waals surface area contributed by atoms with Crippen molar-refractivity contribution >= 4 is 0 Å². The Hall–Kier alpha value is -1.11. The molecule has 76 valence electrons. The number of rotatable bonds is 3. The molecule has 1 aromatic rings. The summed E-state index contributed by atoms with van der Waals surface area (Å²) >= 11 is 0. The molecule has 0 heterocycles. The van der Waals surface area contributed by atoms with Gasteiger partial charge in [0.05, 0.1) is 0 Å². The minimum absolute atomic E-state index is 0.153. The molecule has 0 aromatic heterocycles. The highest BCUT2D eigenvalue weighted by Gasteiger charge is 2.07. The molecule has 0 saturated carbocycles. The molecule has 0 amide bonds. The van der Waals surface area contributed by atoms with Gasteiger partial charge in [0.25, 0.3) is 0 Å². The third kappa shape index (κ3) is 2.44. The van der Waals surface area contributed by atoms with Crippen LogP contribution in [0.3, 0.4) is 0 Å². The Balaban J connectivity index is 3.13. The quantitative estimate of drug-likeness (QED) is 0.628. The van der Waals surface area contributed by atoms with Gasteiger partial charge in [-0.05, 0) is 35.1 Å². The van der Waals surface area contributed by atoms with Crippen molar-refractivity contribution in [2.24, 2.45) is 0 Å². The zero-order chi connectivity index (χ0) is 10.7. The van der Waals surface area contributed by atoms with Crippen molar-refractivity contribution in [2.45, 2.75) is 32.6 Å². The zero-order valence-corrected chi connectivity index (χ0v) is 9.05. The van der Waals surface area contributed by atoms with Gasteiger partial charge in [0.15, 0.2) is 0 Å². The van der Waals surface area contributed by atoms with Crippen LogP contribution >= 0.6 is 0 Å². The molecule has 0 radical (unpaired) electrons. The predicted octanol–water partition coefficient (Wildman–Crippen LogP) is 4.24. The average molecular weight is 192 g/mol. The van der Waals surface area contributed by atoms with E-state index in [0.29, 0.717) is 5.92 Å². The lowest BCUT2D eigenvalue weighted by Gasteiger charge is -2.11. The summed E-state index contributed by atoms with van der Waals surface area (Å²) in [5.41, 5.74) is 2.05. The minimum Gasteiger partial charge on any atom is -0.207 e. The van der Waals surface area contributed by atoms with Crippen LogP contribution < -0.4 is 0 Å². The van der Waals surface area contributed by atoms with E-state index in [4.69, 9.17) is 0 Å². The Morgan fingerprint density at radius 3 is 2.21 bits per heavy atom. The van der Waals surface area contributed by atoms with E-state index in [1.54, 1.807) is 12.1 Å². The van der Waals surface area contributed by atoms with Crippen LogP contribution in [-0.4, -0.2) is 0 Å². The van der Waals surface area contributed by atoms with Crippen molar-refractivity contribution < 1.29 is 4.39 Å². The van der Waals surface area contributed by atoms with Crippen LogP contribution in [0.1, 0.15) is 43.7 Å². The highest BCUT2D eigenvalue weighted by Crippen LogP contribution is 2.23. The van der Waals surface area contributed by atoms with Crippen molar-refractivity contribution in [3.63, 3.8) is 0 Å². The molecule has 1 rings (SSSR count). The van der Waals surface area contributed by atoms with Gasteiger partial charge in [0.1, 0.15) is 5.82 Å². The summed E-state index contributed by atoms with van der Waals surface area (Å²) in [4.78, 5) is 0. The van der Waals surface area contributed by atoms with E-state index < -0.39 is 0 Å². The maximum absolute atomic E-state index is 13.3. The molecule has 0 aliphatic rings. The molecular weight excluding hydrogens is 175 g/mol. The summed E-state index contributed by atoms with van der Waals surface area (Å²) in [6, 6.07) is 5.24. The molecule has 1 heteroatoms. The fraction of sp³-hybridized carbons (Fsp3) is 0.385. The third-order valence-electron chi connectivity index (χ3n) is 2.49. The maximum atomic E-state index is 13.3. The van der Waals surface area contributed by atoms with Crippen molar-refractivity contribution in [1.82, 2.24) is 0 Å². The van der Waals surface area contributed by atoms with Crippen LogP contribution in [0.4, 0.5) is 4.39 Å². The Morgan fingerprint density at radius 1 is 1.14 bits per heavy atom. The van der Waals surface area contributed by atoms with Gasteiger partial charge in [-0.25, -0.2) is 4.39 Å². The fourth-order valence-corrected chi connectivity index (χ4v) is 1.37. The van der Waals surface area contributed by atoms with Crippen LogP contribution in [0.15, 0.2) is 30.9 Å². The van der Waals surface area contributed by atoms with E-state index in [2.05, 4.69) is 26.5 Å². The highest BCUT2D eigenvalue weighted by atomic mass is 19.1. The molecule has 0 aliphatic carbocycles. The van der Waals surface area contributed by atoms with E-state index in [-0.39, 0.29) is 11.7 Å². The van der Waals surface area contributed by atoms with E-state index in [1.165, 1.54) is 0 Å². The van der Waals surface area contributed by atoms with Gasteiger partial charge < -0.3 is 0 Å². The van der Waals surface area contributed by atoms with Gasteiger partial charge in [0.2, 0.25) is 0 Å². The predicted molar refractivity (Wildman–Crippen MR) is 59.1 cm³/mol. The van der Waals surface area contributed by atoms with Crippen LogP contribution in [0.25, 0.3) is 0 Å². The molecule has 0 bridgehead atoms. The minimum atomic E-state index is -0.153. The van der Waals surface area contributed by atoms with Gasteiger partial charge in [0, 0.05) is 0 Å². The largest absolute Gasteiger partial charge is 0.207 e. The van der Waals surface area contributed by atoms with E-state index in [0.717, 1.165) is 11.1 Å². The second-order valence-electron chi connectivity index (χ2n) is 4.00. The fourth-order valence-electron chi connectivity index (χ4n) is 1.37. The number of benzene rings is 1. The topological polar surface area (TPSA) is 0 Å². The van der Waals surface area contributed by atoms with E-state index in [9.17, 15) is 4.39 Å². The standard InChI is InChI=1S/C13H17F/c1-5-10(4)12-6-11(9(2)3)7-13(14)8-12/h5-10H,1H2,2-4H3. The highest BCUT2D eigenvalue weighted by molar-refractivity contribution is 5.30. The Bertz CT molecular complexity index is 326. The molecule has 0 aliphatic heterocycles. The van der Waals surface area contributed by atoms with E-state index in [1.807, 2.05) is 13.0 Å². The SMILES string of the molecule is C=CC(C)c1cc(F)cc(C(C)C)c1. The van der Waals surface area contributed by atoms with Gasteiger partial charge in [-0.15, -0.1) is 6.58 Å². The number of halogens is 1. The summed E-state index contributed by atoms with van der Waals surface area (Å²) < 4.78 is 13.3. The second kappa shape index (κ2) is 4.41. The normalized spacial score (nSPS) is 12.9. The van der Waals surface area contributed by atoms with Crippen molar-refractivity contribution in [3.8, 4) is 0 Å². The maximum Gasteiger partial charge on any atom is 0.123 e. The second-order valence-corrected chi connectivity index (χ2v) is 4.00. The monoisotopic (exact) mass is 192 g/mol. The average Bonchev–Trinajstić information content (AvgIpc) is 2.15. The molecule has 14 heavy (non-hydrogen) atoms. The first-order valence-electron chi connectivity index (χ1n) is 4.97. The molecule has 0 spiro atoms. The van der Waals surface area contributed by atoms with Gasteiger partial charge in [-0.3, -0.25) is 0 Å². The molecular formula is C13H17F. The summed E-state index contributed by atoms with van der Waals surface area (Å²) in [5.74, 6) is 0.421. The third-order valence-corrected chi connectivity index (χ3v) is 2.49. The van der Waals surface area contributed by atoms with E-state index >= 15 is 0 Å². The van der Waals surface area contributed by atoms with Crippen LogP contribution in [0.2, 0.25) is 0 Å². The Labute approximate surface area is 85.5 Å². The van der Waals surface area contributed by atoms with Crippen LogP contribution in [0, 0.1) is 5.82 Å². The Kier molecular flexibility index (Phi) is 3.45. The number of hydrogen-bond donors (Lipinski definition) is 0. The first kappa shape index (κ1) is 11.0. The number of hydrogen-bond acceptors (Lipinski definition) is 0. The lowest BCUT2D eigenvalue weighted by atomic mass is 9.95. The van der Waals surface area contributed by atoms with Gasteiger partial charge >= 0.3 is 0 Å². The molecule has 1 aromatic carbocycles. The lowest BCUT2D eigenvalue weighted by molar-refractivity contribution is 0.619. The lowest BCUT2D eigenvalue weighted by Crippen LogP contribution is -1.95. The summed E-state index contributed by atoms with van der Waals surface area (Å²) in [6.45, 7) is 9.87. The van der Waals surface area contributed by atoms with Crippen molar-refractivity contribution in [3.05, 3.63) is 47.8 Å². The van der Waals surface area contributed by atoms with Crippen LogP contribution in [-0.2, 0) is 0 Å².